The van der Waals surface area contributed by atoms with E-state index in [-0.39, 0.29) is 0 Å². The van der Waals surface area contributed by atoms with Crippen molar-refractivity contribution in [3.05, 3.63) is 12.3 Å². The first-order valence-corrected chi connectivity index (χ1v) is 7.66. The Morgan fingerprint density at radius 2 is 1.88 bits per heavy atom. The van der Waals surface area contributed by atoms with Crippen molar-refractivity contribution >= 4 is 13.9 Å². The lowest BCUT2D eigenvalue weighted by atomic mass is 10.2. The molecule has 0 aromatic heterocycles. The van der Waals surface area contributed by atoms with Crippen LogP contribution in [0.4, 0.5) is 0 Å². The lowest BCUT2D eigenvalue weighted by molar-refractivity contribution is -0.167. The molecule has 17 heavy (non-hydrogen) atoms. The van der Waals surface area contributed by atoms with Gasteiger partial charge in [0.2, 0.25) is 8.00 Å². The maximum Gasteiger partial charge on any atom is 0.229 e. The van der Waals surface area contributed by atoms with Crippen LogP contribution in [-0.2, 0) is 0 Å². The smallest absolute Gasteiger partial charge is 0.229 e. The molecule has 4 nitrogen and oxygen atoms in total. The summed E-state index contributed by atoms with van der Waals surface area (Å²) in [4.78, 5) is 18.8. The Kier molecular flexibility index (Phi) is 13.3. The first-order valence-electron chi connectivity index (χ1n) is 6.37. The molecule has 0 saturated carbocycles. The Labute approximate surface area is 106 Å². The van der Waals surface area contributed by atoms with Gasteiger partial charge in [0, 0.05) is 13.1 Å². The van der Waals surface area contributed by atoms with Crippen LogP contribution in [0.2, 0.25) is 0 Å². The van der Waals surface area contributed by atoms with Gasteiger partial charge in [-0.2, -0.15) is 4.89 Å². The topological polar surface area (TPSA) is 67.3 Å². The van der Waals surface area contributed by atoms with Crippen molar-refractivity contribution in [2.75, 3.05) is 13.1 Å². The highest BCUT2D eigenvalue weighted by Gasteiger charge is 1.89. The summed E-state index contributed by atoms with van der Waals surface area (Å²) in [5.41, 5.74) is 0. The minimum Gasteiger partial charge on any atom is -0.602 e. The summed E-state index contributed by atoms with van der Waals surface area (Å²) in [6.07, 6.45) is 11.1. The van der Waals surface area contributed by atoms with Gasteiger partial charge in [0.25, 0.3) is 0 Å². The highest BCUT2D eigenvalue weighted by molar-refractivity contribution is 7.43. The summed E-state index contributed by atoms with van der Waals surface area (Å²) in [7, 11) is -2.14. The lowest BCUT2D eigenvalue weighted by Crippen LogP contribution is -2.13. The quantitative estimate of drug-likeness (QED) is 0.389. The van der Waals surface area contributed by atoms with E-state index in [0.29, 0.717) is 0 Å². The Morgan fingerprint density at radius 3 is 2.59 bits per heavy atom. The lowest BCUT2D eigenvalue weighted by Gasteiger charge is -1.99. The number of unbranched alkanes of at least 4 members (excludes halogenated alkanes) is 4. The summed E-state index contributed by atoms with van der Waals surface area (Å²) in [5, 5.41) is 6.07. The second-order valence-electron chi connectivity index (χ2n) is 3.95. The molecule has 0 aromatic rings. The van der Waals surface area contributed by atoms with Crippen LogP contribution in [0.5, 0.6) is 0 Å². The summed E-state index contributed by atoms with van der Waals surface area (Å²) < 4.78 is 0. The summed E-state index contributed by atoms with van der Waals surface area (Å²) in [5.74, 6) is 1.24. The molecule has 0 rings (SSSR count). The standard InChI is InChI=1S/C12H25N2O2P/c1-2-3-9-13-10-7-5-4-6-8-11-14-12-17(15)16/h7,10,12-14H,2-6,8-9,11H2,1H3,(H,15,16). The maximum absolute atomic E-state index is 10.3. The van der Waals surface area contributed by atoms with Gasteiger partial charge in [-0.05, 0) is 31.9 Å². The monoisotopic (exact) mass is 260 g/mol. The number of nitrogens with one attached hydrogen (secondary N) is 2. The molecule has 0 radical (unpaired) electrons. The zero-order valence-corrected chi connectivity index (χ0v) is 11.6. The fraction of sp³-hybridized carbons (Fsp3) is 0.750. The third kappa shape index (κ3) is 15.6. The minimum atomic E-state index is -2.14. The molecule has 5 heteroatoms. The van der Waals surface area contributed by atoms with Crippen LogP contribution in [0.15, 0.2) is 12.3 Å². The molecule has 0 aromatic carbocycles. The third-order valence-electron chi connectivity index (χ3n) is 2.30. The van der Waals surface area contributed by atoms with Gasteiger partial charge in [-0.1, -0.05) is 25.8 Å². The van der Waals surface area contributed by atoms with E-state index >= 15 is 0 Å². The average Bonchev–Trinajstić information content (AvgIpc) is 2.30. The average molecular weight is 260 g/mol. The van der Waals surface area contributed by atoms with E-state index in [2.05, 4.69) is 23.6 Å². The van der Waals surface area contributed by atoms with E-state index in [1.54, 1.807) is 0 Å². The first-order chi connectivity index (χ1) is 8.27. The largest absolute Gasteiger partial charge is 0.602 e. The highest BCUT2D eigenvalue weighted by atomic mass is 31.1. The molecule has 0 aliphatic heterocycles. The Morgan fingerprint density at radius 1 is 1.12 bits per heavy atom. The maximum atomic E-state index is 10.3. The van der Waals surface area contributed by atoms with Gasteiger partial charge in [0.05, 0.1) is 0 Å². The van der Waals surface area contributed by atoms with E-state index in [4.69, 9.17) is 4.89 Å². The van der Waals surface area contributed by atoms with Crippen LogP contribution in [0.25, 0.3) is 0 Å². The Bertz CT molecular complexity index is 217. The van der Waals surface area contributed by atoms with Gasteiger partial charge in [0.1, 0.15) is 0 Å². The van der Waals surface area contributed by atoms with Gasteiger partial charge in [-0.3, -0.25) is 5.32 Å². The molecule has 0 saturated heterocycles. The molecule has 1 atom stereocenters. The van der Waals surface area contributed by atoms with Crippen molar-refractivity contribution in [3.63, 3.8) is 0 Å². The van der Waals surface area contributed by atoms with Crippen molar-refractivity contribution in [1.82, 2.24) is 10.6 Å². The summed E-state index contributed by atoms with van der Waals surface area (Å²) in [6.45, 7) is 4.02. The highest BCUT2D eigenvalue weighted by Crippen LogP contribution is 2.00. The van der Waals surface area contributed by atoms with Crippen LogP contribution in [-0.4, -0.2) is 23.9 Å². The van der Waals surface area contributed by atoms with Gasteiger partial charge in [-0.25, -0.2) is 0 Å². The van der Waals surface area contributed by atoms with Crippen LogP contribution >= 0.6 is 8.00 Å². The van der Waals surface area contributed by atoms with E-state index in [0.717, 1.165) is 32.4 Å². The summed E-state index contributed by atoms with van der Waals surface area (Å²) in [6, 6.07) is 0. The van der Waals surface area contributed by atoms with E-state index in [1.807, 2.05) is 6.20 Å². The van der Waals surface area contributed by atoms with E-state index in [9.17, 15) is 4.89 Å². The molecule has 3 N–H and O–H groups in total. The molecule has 0 spiro atoms. The van der Waals surface area contributed by atoms with E-state index < -0.39 is 8.00 Å². The fourth-order valence-corrected chi connectivity index (χ4v) is 1.62. The van der Waals surface area contributed by atoms with Gasteiger partial charge in [0.15, 0.2) is 5.92 Å². The fourth-order valence-electron chi connectivity index (χ4n) is 1.34. The predicted molar refractivity (Wildman–Crippen MR) is 73.7 cm³/mol. The van der Waals surface area contributed by atoms with Crippen molar-refractivity contribution in [2.45, 2.75) is 45.4 Å². The van der Waals surface area contributed by atoms with Crippen LogP contribution < -0.4 is 15.5 Å². The van der Waals surface area contributed by atoms with Crippen LogP contribution in [0.3, 0.4) is 0 Å². The second-order valence-corrected chi connectivity index (χ2v) is 4.81. The molecule has 0 amide bonds. The predicted octanol–water partition coefficient (Wildman–Crippen LogP) is 1.46. The molecular weight excluding hydrogens is 235 g/mol. The van der Waals surface area contributed by atoms with Gasteiger partial charge in [-0.15, -0.1) is 0 Å². The van der Waals surface area contributed by atoms with Crippen molar-refractivity contribution < 1.29 is 9.79 Å². The Balaban J connectivity index is 3.10. The normalized spacial score (nSPS) is 12.3. The number of rotatable bonds is 11. The first kappa shape index (κ1) is 16.6. The molecule has 1 unspecified atom stereocenters. The SMILES string of the molecule is CCCCNC=CCCCCCN/C=[P+](\[O-])O. The van der Waals surface area contributed by atoms with Crippen molar-refractivity contribution in [2.24, 2.45) is 0 Å². The molecule has 0 heterocycles. The molecule has 0 aliphatic carbocycles. The molecular formula is C12H25N2O2P. The van der Waals surface area contributed by atoms with Gasteiger partial charge < -0.3 is 10.2 Å². The zero-order chi connectivity index (χ0) is 12.8. The second kappa shape index (κ2) is 13.7. The van der Waals surface area contributed by atoms with Crippen molar-refractivity contribution in [1.29, 1.82) is 0 Å². The zero-order valence-electron chi connectivity index (χ0n) is 10.7. The molecule has 0 fully saturated rings. The third-order valence-corrected chi connectivity index (χ3v) is 2.71. The summed E-state index contributed by atoms with van der Waals surface area (Å²) >= 11 is 0. The van der Waals surface area contributed by atoms with Gasteiger partial charge >= 0.3 is 0 Å². The molecule has 0 bridgehead atoms. The van der Waals surface area contributed by atoms with Crippen LogP contribution in [0.1, 0.15) is 45.4 Å². The number of hydrogen-bond donors (Lipinski definition) is 3. The van der Waals surface area contributed by atoms with E-state index in [1.165, 1.54) is 25.2 Å². The molecule has 0 aliphatic rings. The minimum absolute atomic E-state index is 0.778. The number of allylic oxidation sites excluding steroid dienone is 1. The van der Waals surface area contributed by atoms with Crippen molar-refractivity contribution in [3.8, 4) is 0 Å². The van der Waals surface area contributed by atoms with Crippen LogP contribution in [0, 0.1) is 0 Å². The number of hydrogen-bond acceptors (Lipinski definition) is 3. The molecule has 100 valence electrons. The Hall–Kier alpha value is -0.410.